The highest BCUT2D eigenvalue weighted by molar-refractivity contribution is 7.47. The van der Waals surface area contributed by atoms with Gasteiger partial charge in [0.15, 0.2) is 12.2 Å². The maximum atomic E-state index is 12.4. The van der Waals surface area contributed by atoms with E-state index in [1.165, 1.54) is 0 Å². The quantitative estimate of drug-likeness (QED) is 0.0403. The van der Waals surface area contributed by atoms with Crippen LogP contribution in [0.25, 0.3) is 0 Å². The summed E-state index contributed by atoms with van der Waals surface area (Å²) in [5, 5.41) is 10.1. The summed E-state index contributed by atoms with van der Waals surface area (Å²) in [6.45, 7) is 3.39. The zero-order valence-electron chi connectivity index (χ0n) is 28.4. The SMILES string of the molecule is CCCCCCC(=O)O[C@H](COC(=O)CCC)COP(=O)(O)OC[C@H](O)COP(=O)(O)OC[C@@H](COC(=O)CCC)OC(=O)CCCC. The van der Waals surface area contributed by atoms with Crippen molar-refractivity contribution >= 4 is 39.5 Å². The van der Waals surface area contributed by atoms with Crippen LogP contribution in [0.5, 0.6) is 0 Å². The minimum Gasteiger partial charge on any atom is -0.462 e. The molecule has 0 aliphatic heterocycles. The van der Waals surface area contributed by atoms with Gasteiger partial charge >= 0.3 is 39.5 Å². The van der Waals surface area contributed by atoms with E-state index in [0.717, 1.165) is 25.7 Å². The van der Waals surface area contributed by atoms with Crippen LogP contribution >= 0.6 is 15.6 Å². The van der Waals surface area contributed by atoms with E-state index in [1.54, 1.807) is 13.8 Å². The zero-order valence-corrected chi connectivity index (χ0v) is 30.2. The van der Waals surface area contributed by atoms with E-state index in [-0.39, 0.29) is 25.7 Å². The predicted octanol–water partition coefficient (Wildman–Crippen LogP) is 4.29. The molecule has 0 aromatic heterocycles. The third-order valence-corrected chi connectivity index (χ3v) is 7.94. The molecular formula is C29H54O17P2. The van der Waals surface area contributed by atoms with Crippen LogP contribution in [-0.2, 0) is 65.4 Å². The lowest BCUT2D eigenvalue weighted by Gasteiger charge is -2.21. The Kier molecular flexibility index (Phi) is 25.8. The summed E-state index contributed by atoms with van der Waals surface area (Å²) in [4.78, 5) is 67.7. The number of ether oxygens (including phenoxy) is 4. The summed E-state index contributed by atoms with van der Waals surface area (Å²) in [7, 11) is -9.73. The number of carbonyl (C=O) groups excluding carboxylic acids is 4. The fourth-order valence-electron chi connectivity index (χ4n) is 3.50. The third-order valence-electron chi connectivity index (χ3n) is 6.04. The molecule has 0 aliphatic rings. The molecule has 0 aliphatic carbocycles. The standard InChI is InChI=1S/C29H54O17P2/c1-5-9-11-12-16-29(34)46-25(20-40-27(32)14-8-4)22-44-48(37,38)42-18-23(30)17-41-47(35,36)43-21-24(19-39-26(31)13-7-3)45-28(33)15-10-6-2/h23-25,30H,5-22H2,1-4H3,(H,35,36)(H,37,38)/t23-,24-,25-/m1/s1. The molecule has 0 saturated heterocycles. The van der Waals surface area contributed by atoms with Crippen molar-refractivity contribution in [3.8, 4) is 0 Å². The Hall–Kier alpha value is -1.94. The smallest absolute Gasteiger partial charge is 0.462 e. The number of hydrogen-bond acceptors (Lipinski definition) is 15. The summed E-state index contributed by atoms with van der Waals surface area (Å²) in [5.41, 5.74) is 0. The number of phosphoric ester groups is 2. The van der Waals surface area contributed by atoms with E-state index in [2.05, 4.69) is 0 Å². The molecule has 0 rings (SSSR count). The van der Waals surface area contributed by atoms with E-state index in [0.29, 0.717) is 25.7 Å². The first kappa shape index (κ1) is 46.1. The summed E-state index contributed by atoms with van der Waals surface area (Å²) in [6.07, 6.45) is 1.84. The minimum atomic E-state index is -4.87. The molecule has 0 bridgehead atoms. The normalized spacial score (nSPS) is 15.7. The molecule has 282 valence electrons. The molecule has 0 aromatic carbocycles. The van der Waals surface area contributed by atoms with E-state index in [9.17, 15) is 43.2 Å². The highest BCUT2D eigenvalue weighted by atomic mass is 31.2. The second-order valence-corrected chi connectivity index (χ2v) is 13.7. The third kappa shape index (κ3) is 26.0. The van der Waals surface area contributed by atoms with Gasteiger partial charge in [0.1, 0.15) is 19.3 Å². The van der Waals surface area contributed by atoms with Gasteiger partial charge in [0.2, 0.25) is 0 Å². The lowest BCUT2D eigenvalue weighted by Crippen LogP contribution is -2.30. The number of carbonyl (C=O) groups is 4. The number of hydrogen-bond donors (Lipinski definition) is 3. The second-order valence-electron chi connectivity index (χ2n) is 10.8. The molecule has 0 amide bonds. The number of unbranched alkanes of at least 4 members (excludes halogenated alkanes) is 4. The van der Waals surface area contributed by atoms with E-state index < -0.39 is 97.5 Å². The van der Waals surface area contributed by atoms with Crippen molar-refractivity contribution in [3.05, 3.63) is 0 Å². The molecule has 19 heteroatoms. The fourth-order valence-corrected chi connectivity index (χ4v) is 5.08. The predicted molar refractivity (Wildman–Crippen MR) is 169 cm³/mol. The van der Waals surface area contributed by atoms with Crippen LogP contribution in [0, 0.1) is 0 Å². The Labute approximate surface area is 282 Å². The molecule has 0 spiro atoms. The van der Waals surface area contributed by atoms with Gasteiger partial charge in [0, 0.05) is 25.7 Å². The van der Waals surface area contributed by atoms with E-state index in [4.69, 9.17) is 37.0 Å². The number of rotatable bonds is 30. The Balaban J connectivity index is 4.92. The van der Waals surface area contributed by atoms with Gasteiger partial charge in [-0.25, -0.2) is 9.13 Å². The van der Waals surface area contributed by atoms with Crippen molar-refractivity contribution in [2.75, 3.05) is 39.6 Å². The van der Waals surface area contributed by atoms with Crippen LogP contribution in [-0.4, -0.2) is 96.7 Å². The topological polar surface area (TPSA) is 237 Å². The van der Waals surface area contributed by atoms with Crippen LogP contribution in [0.2, 0.25) is 0 Å². The largest absolute Gasteiger partial charge is 0.472 e. The molecule has 0 radical (unpaired) electrons. The van der Waals surface area contributed by atoms with Crippen LogP contribution in [0.15, 0.2) is 0 Å². The maximum Gasteiger partial charge on any atom is 0.472 e. The molecule has 0 heterocycles. The van der Waals surface area contributed by atoms with Crippen molar-refractivity contribution in [1.29, 1.82) is 0 Å². The van der Waals surface area contributed by atoms with Crippen LogP contribution in [0.4, 0.5) is 0 Å². The summed E-state index contributed by atoms with van der Waals surface area (Å²) in [6, 6.07) is 0. The molecule has 0 aromatic rings. The Morgan fingerprint density at radius 3 is 1.29 bits per heavy atom. The number of aliphatic hydroxyl groups is 1. The van der Waals surface area contributed by atoms with Crippen molar-refractivity contribution in [2.24, 2.45) is 0 Å². The fraction of sp³-hybridized carbons (Fsp3) is 0.862. The van der Waals surface area contributed by atoms with Crippen molar-refractivity contribution < 1.29 is 80.2 Å². The zero-order chi connectivity index (χ0) is 36.4. The monoisotopic (exact) mass is 736 g/mol. The lowest BCUT2D eigenvalue weighted by molar-refractivity contribution is -0.161. The van der Waals surface area contributed by atoms with Gasteiger partial charge < -0.3 is 33.8 Å². The lowest BCUT2D eigenvalue weighted by atomic mass is 10.1. The molecule has 2 unspecified atom stereocenters. The van der Waals surface area contributed by atoms with Gasteiger partial charge in [0.05, 0.1) is 26.4 Å². The number of esters is 4. The van der Waals surface area contributed by atoms with Gasteiger partial charge in [-0.3, -0.25) is 37.3 Å². The Morgan fingerprint density at radius 2 is 0.896 bits per heavy atom. The summed E-state index contributed by atoms with van der Waals surface area (Å²) in [5.74, 6) is -2.36. The molecule has 0 fully saturated rings. The first-order valence-corrected chi connectivity index (χ1v) is 19.3. The molecule has 0 saturated carbocycles. The first-order valence-electron chi connectivity index (χ1n) is 16.3. The molecule has 17 nitrogen and oxygen atoms in total. The number of aliphatic hydroxyl groups excluding tert-OH is 1. The highest BCUT2D eigenvalue weighted by Gasteiger charge is 2.30. The average molecular weight is 737 g/mol. The van der Waals surface area contributed by atoms with Crippen molar-refractivity contribution in [1.82, 2.24) is 0 Å². The Bertz CT molecular complexity index is 1020. The van der Waals surface area contributed by atoms with E-state index >= 15 is 0 Å². The van der Waals surface area contributed by atoms with Gasteiger partial charge in [-0.1, -0.05) is 53.4 Å². The van der Waals surface area contributed by atoms with Crippen molar-refractivity contribution in [3.63, 3.8) is 0 Å². The summed E-state index contributed by atoms with van der Waals surface area (Å²) >= 11 is 0. The first-order chi connectivity index (χ1) is 22.7. The summed E-state index contributed by atoms with van der Waals surface area (Å²) < 4.78 is 64.3. The highest BCUT2D eigenvalue weighted by Crippen LogP contribution is 2.45. The van der Waals surface area contributed by atoms with Gasteiger partial charge in [0.25, 0.3) is 0 Å². The van der Waals surface area contributed by atoms with Gasteiger partial charge in [-0.05, 0) is 25.7 Å². The molecular weight excluding hydrogens is 682 g/mol. The maximum absolute atomic E-state index is 12.4. The Morgan fingerprint density at radius 1 is 0.500 bits per heavy atom. The van der Waals surface area contributed by atoms with Gasteiger partial charge in [-0.2, -0.15) is 0 Å². The average Bonchev–Trinajstić information content (AvgIpc) is 3.03. The van der Waals surface area contributed by atoms with Crippen LogP contribution in [0.1, 0.15) is 105 Å². The number of phosphoric acid groups is 2. The van der Waals surface area contributed by atoms with E-state index in [1.807, 2.05) is 13.8 Å². The second kappa shape index (κ2) is 26.9. The van der Waals surface area contributed by atoms with Gasteiger partial charge in [-0.15, -0.1) is 0 Å². The molecule has 5 atom stereocenters. The molecule has 48 heavy (non-hydrogen) atoms. The van der Waals surface area contributed by atoms with Crippen molar-refractivity contribution in [2.45, 2.75) is 123 Å². The van der Waals surface area contributed by atoms with Crippen LogP contribution < -0.4 is 0 Å². The minimum absolute atomic E-state index is 0.0746. The molecule has 3 N–H and O–H groups in total. The van der Waals surface area contributed by atoms with Crippen LogP contribution in [0.3, 0.4) is 0 Å².